The maximum atomic E-state index is 11.7. The van der Waals surface area contributed by atoms with Crippen molar-refractivity contribution in [2.75, 3.05) is 18.9 Å². The lowest BCUT2D eigenvalue weighted by Crippen LogP contribution is -2.29. The van der Waals surface area contributed by atoms with E-state index in [2.05, 4.69) is 5.32 Å². The van der Waals surface area contributed by atoms with Crippen LogP contribution < -0.4 is 10.0 Å². The number of carbonyl (C=O) groups is 1. The first kappa shape index (κ1) is 14.9. The van der Waals surface area contributed by atoms with Crippen LogP contribution >= 0.6 is 0 Å². The molecule has 1 rings (SSSR count). The van der Waals surface area contributed by atoms with Crippen LogP contribution in [-0.2, 0) is 14.8 Å². The highest BCUT2D eigenvalue weighted by Crippen LogP contribution is 2.26. The van der Waals surface area contributed by atoms with Gasteiger partial charge < -0.3 is 10.4 Å². The molecule has 0 radical (unpaired) electrons. The van der Waals surface area contributed by atoms with Crippen LogP contribution in [0.25, 0.3) is 0 Å². The molecular weight excluding hydrogens is 278 g/mol. The van der Waals surface area contributed by atoms with Gasteiger partial charge in [0.1, 0.15) is 12.2 Å². The molecule has 0 amide bonds. The molecule has 0 aliphatic rings. The van der Waals surface area contributed by atoms with Crippen molar-refractivity contribution >= 4 is 27.4 Å². The highest BCUT2D eigenvalue weighted by molar-refractivity contribution is 7.89. The van der Waals surface area contributed by atoms with Gasteiger partial charge in [0.2, 0.25) is 10.0 Å². The van der Waals surface area contributed by atoms with Gasteiger partial charge in [0.25, 0.3) is 5.69 Å². The number of sulfonamides is 1. The lowest BCUT2D eigenvalue weighted by Gasteiger charge is -2.07. The van der Waals surface area contributed by atoms with Gasteiger partial charge in [0.15, 0.2) is 0 Å². The summed E-state index contributed by atoms with van der Waals surface area (Å²) in [5.41, 5.74) is -0.261. The van der Waals surface area contributed by atoms with Gasteiger partial charge in [-0.05, 0) is 12.1 Å². The van der Waals surface area contributed by atoms with Crippen molar-refractivity contribution in [2.45, 2.75) is 4.90 Å². The zero-order valence-corrected chi connectivity index (χ0v) is 10.6. The van der Waals surface area contributed by atoms with Crippen LogP contribution in [-0.4, -0.2) is 38.0 Å². The molecule has 10 heteroatoms. The SMILES string of the molecule is CNc1ccc(S(=O)(=O)NCC(=O)O)cc1[N+](=O)[O-]. The smallest absolute Gasteiger partial charge is 0.318 e. The minimum atomic E-state index is -4.10. The second-order valence-corrected chi connectivity index (χ2v) is 5.17. The summed E-state index contributed by atoms with van der Waals surface area (Å²) >= 11 is 0. The van der Waals surface area contributed by atoms with E-state index in [0.717, 1.165) is 12.1 Å². The molecule has 104 valence electrons. The molecule has 0 aliphatic heterocycles. The Morgan fingerprint density at radius 1 is 1.47 bits per heavy atom. The fourth-order valence-corrected chi connectivity index (χ4v) is 2.28. The lowest BCUT2D eigenvalue weighted by molar-refractivity contribution is -0.384. The molecule has 0 fully saturated rings. The summed E-state index contributed by atoms with van der Waals surface area (Å²) in [4.78, 5) is 20.0. The average Bonchev–Trinajstić information content (AvgIpc) is 2.35. The van der Waals surface area contributed by atoms with Crippen LogP contribution in [0, 0.1) is 10.1 Å². The van der Waals surface area contributed by atoms with Gasteiger partial charge in [-0.15, -0.1) is 0 Å². The third-order valence-corrected chi connectivity index (χ3v) is 3.56. The number of hydrogen-bond donors (Lipinski definition) is 3. The molecule has 1 aromatic rings. The molecule has 0 heterocycles. The van der Waals surface area contributed by atoms with Gasteiger partial charge in [-0.25, -0.2) is 8.42 Å². The van der Waals surface area contributed by atoms with E-state index in [1.165, 1.54) is 13.1 Å². The van der Waals surface area contributed by atoms with Gasteiger partial charge in [-0.3, -0.25) is 14.9 Å². The Labute approximate surface area is 108 Å². The van der Waals surface area contributed by atoms with Crippen LogP contribution in [0.1, 0.15) is 0 Å². The topological polar surface area (TPSA) is 139 Å². The lowest BCUT2D eigenvalue weighted by atomic mass is 10.3. The van der Waals surface area contributed by atoms with Crippen LogP contribution in [0.4, 0.5) is 11.4 Å². The number of hydrogen-bond acceptors (Lipinski definition) is 6. The quantitative estimate of drug-likeness (QED) is 0.494. The van der Waals surface area contributed by atoms with Crippen molar-refractivity contribution in [3.8, 4) is 0 Å². The molecule has 0 bridgehead atoms. The molecule has 0 unspecified atom stereocenters. The summed E-state index contributed by atoms with van der Waals surface area (Å²) < 4.78 is 25.2. The molecule has 0 saturated carbocycles. The van der Waals surface area contributed by atoms with Crippen molar-refractivity contribution in [3.63, 3.8) is 0 Å². The third kappa shape index (κ3) is 3.63. The standard InChI is InChI=1S/C9H11N3O6S/c1-10-7-3-2-6(4-8(7)12(15)16)19(17,18)11-5-9(13)14/h2-4,10-11H,5H2,1H3,(H,13,14). The Hall–Kier alpha value is -2.20. The number of rotatable bonds is 6. The normalized spacial score (nSPS) is 11.0. The van der Waals surface area contributed by atoms with Gasteiger partial charge in [0.05, 0.1) is 9.82 Å². The Morgan fingerprint density at radius 2 is 2.11 bits per heavy atom. The average molecular weight is 289 g/mol. The minimum Gasteiger partial charge on any atom is -0.480 e. The van der Waals surface area contributed by atoms with Gasteiger partial charge in [-0.2, -0.15) is 4.72 Å². The number of benzene rings is 1. The fourth-order valence-electron chi connectivity index (χ4n) is 1.28. The van der Waals surface area contributed by atoms with Crippen molar-refractivity contribution in [1.29, 1.82) is 0 Å². The molecule has 9 nitrogen and oxygen atoms in total. The van der Waals surface area contributed by atoms with Crippen molar-refractivity contribution in [1.82, 2.24) is 4.72 Å². The van der Waals surface area contributed by atoms with Crippen molar-refractivity contribution < 1.29 is 23.2 Å². The predicted molar refractivity (Wildman–Crippen MR) is 65.5 cm³/mol. The van der Waals surface area contributed by atoms with Crippen LogP contribution in [0.15, 0.2) is 23.1 Å². The molecule has 0 spiro atoms. The number of aliphatic carboxylic acids is 1. The zero-order valence-electron chi connectivity index (χ0n) is 9.78. The fraction of sp³-hybridized carbons (Fsp3) is 0.222. The summed E-state index contributed by atoms with van der Waals surface area (Å²) in [7, 11) is -2.64. The van der Waals surface area contributed by atoms with E-state index in [-0.39, 0.29) is 10.6 Å². The van der Waals surface area contributed by atoms with Crippen LogP contribution in [0.5, 0.6) is 0 Å². The zero-order chi connectivity index (χ0) is 14.6. The molecule has 3 N–H and O–H groups in total. The predicted octanol–water partition coefficient (Wildman–Crippen LogP) is -0.000600. The number of anilines is 1. The molecule has 0 aromatic heterocycles. The Kier molecular flexibility index (Phi) is 4.40. The number of nitrogens with one attached hydrogen (secondary N) is 2. The summed E-state index contributed by atoms with van der Waals surface area (Å²) in [6, 6.07) is 3.23. The number of nitrogens with zero attached hydrogens (tertiary/aromatic N) is 1. The number of nitro benzene ring substituents is 1. The maximum absolute atomic E-state index is 11.7. The molecule has 1 aromatic carbocycles. The first-order valence-corrected chi connectivity index (χ1v) is 6.44. The second kappa shape index (κ2) is 5.63. The van der Waals surface area contributed by atoms with E-state index >= 15 is 0 Å². The summed E-state index contributed by atoms with van der Waals surface area (Å²) in [5, 5.41) is 21.7. The van der Waals surface area contributed by atoms with E-state index in [1.807, 2.05) is 4.72 Å². The molecule has 0 aliphatic carbocycles. The number of carboxylic acids is 1. The summed E-state index contributed by atoms with van der Waals surface area (Å²) in [5.74, 6) is -1.36. The number of nitro groups is 1. The van der Waals surface area contributed by atoms with Crippen molar-refractivity contribution in [2.24, 2.45) is 0 Å². The minimum absolute atomic E-state index is 0.155. The Morgan fingerprint density at radius 3 is 2.58 bits per heavy atom. The summed E-state index contributed by atoms with van der Waals surface area (Å²) in [6.45, 7) is -0.802. The molecule has 0 atom stereocenters. The monoisotopic (exact) mass is 289 g/mol. The maximum Gasteiger partial charge on any atom is 0.318 e. The summed E-state index contributed by atoms with van der Waals surface area (Å²) in [6.07, 6.45) is 0. The molecule has 0 saturated heterocycles. The second-order valence-electron chi connectivity index (χ2n) is 3.40. The molecular formula is C9H11N3O6S. The molecule has 19 heavy (non-hydrogen) atoms. The Balaban J connectivity index is 3.18. The van der Waals surface area contributed by atoms with E-state index < -0.39 is 33.1 Å². The first-order valence-electron chi connectivity index (χ1n) is 4.95. The van der Waals surface area contributed by atoms with E-state index in [1.54, 1.807) is 0 Å². The van der Waals surface area contributed by atoms with Crippen LogP contribution in [0.2, 0.25) is 0 Å². The van der Waals surface area contributed by atoms with E-state index in [4.69, 9.17) is 5.11 Å². The first-order chi connectivity index (χ1) is 8.77. The van der Waals surface area contributed by atoms with E-state index in [0.29, 0.717) is 0 Å². The van der Waals surface area contributed by atoms with E-state index in [9.17, 15) is 23.3 Å². The van der Waals surface area contributed by atoms with Gasteiger partial charge in [0, 0.05) is 13.1 Å². The van der Waals surface area contributed by atoms with Crippen LogP contribution in [0.3, 0.4) is 0 Å². The third-order valence-electron chi connectivity index (χ3n) is 2.16. The highest BCUT2D eigenvalue weighted by Gasteiger charge is 2.21. The van der Waals surface area contributed by atoms with Gasteiger partial charge >= 0.3 is 5.97 Å². The van der Waals surface area contributed by atoms with Crippen molar-refractivity contribution in [3.05, 3.63) is 28.3 Å². The highest BCUT2D eigenvalue weighted by atomic mass is 32.2. The number of carboxylic acid groups (broad SMARTS) is 1. The largest absolute Gasteiger partial charge is 0.480 e. The van der Waals surface area contributed by atoms with Gasteiger partial charge in [-0.1, -0.05) is 0 Å². The Bertz CT molecular complexity index is 612.